The summed E-state index contributed by atoms with van der Waals surface area (Å²) in [5, 5.41) is 3.77. The van der Waals surface area contributed by atoms with Gasteiger partial charge in [0.2, 0.25) is 15.9 Å². The lowest BCUT2D eigenvalue weighted by molar-refractivity contribution is -0.120. The van der Waals surface area contributed by atoms with Crippen molar-refractivity contribution in [2.45, 2.75) is 36.6 Å². The number of esters is 1. The number of amides is 1. The van der Waals surface area contributed by atoms with Crippen molar-refractivity contribution in [1.29, 1.82) is 0 Å². The van der Waals surface area contributed by atoms with E-state index in [1.54, 1.807) is 24.9 Å². The van der Waals surface area contributed by atoms with Gasteiger partial charge in [-0.3, -0.25) is 4.79 Å². The number of ether oxygens (including phenoxy) is 1. The van der Waals surface area contributed by atoms with E-state index in [-0.39, 0.29) is 36.4 Å². The molecule has 1 fully saturated rings. The number of sulfonamides is 1. The number of nitrogens with zero attached hydrogens (tertiary/aromatic N) is 2. The predicted octanol–water partition coefficient (Wildman–Crippen LogP) is 3.41. The molecule has 3 rings (SSSR count). The molecule has 2 heterocycles. The minimum atomic E-state index is -3.70. The molecule has 8 nitrogen and oxygen atoms in total. The third-order valence-electron chi connectivity index (χ3n) is 5.12. The number of hydrogen-bond donors (Lipinski definition) is 1. The molecular formula is C22H27N3O5S2. The van der Waals surface area contributed by atoms with Gasteiger partial charge >= 0.3 is 5.97 Å². The van der Waals surface area contributed by atoms with E-state index in [1.807, 2.05) is 19.1 Å². The van der Waals surface area contributed by atoms with E-state index in [4.69, 9.17) is 4.74 Å². The maximum Gasteiger partial charge on any atom is 0.338 e. The highest BCUT2D eigenvalue weighted by Gasteiger charge is 2.32. The van der Waals surface area contributed by atoms with E-state index in [0.717, 1.165) is 10.8 Å². The van der Waals surface area contributed by atoms with Crippen LogP contribution in [0.5, 0.6) is 0 Å². The first kappa shape index (κ1) is 24.2. The highest BCUT2D eigenvalue weighted by Crippen LogP contribution is 2.25. The summed E-state index contributed by atoms with van der Waals surface area (Å²) in [4.78, 5) is 28.8. The first-order chi connectivity index (χ1) is 15.3. The fourth-order valence-electron chi connectivity index (χ4n) is 3.42. The molecule has 1 saturated heterocycles. The Hall–Kier alpha value is -2.43. The van der Waals surface area contributed by atoms with Crippen LogP contribution < -0.4 is 5.32 Å². The van der Waals surface area contributed by atoms with Gasteiger partial charge in [-0.05, 0) is 61.9 Å². The fourth-order valence-corrected chi connectivity index (χ4v) is 5.47. The number of thioether (sulfide) groups is 1. The molecule has 0 bridgehead atoms. The lowest BCUT2D eigenvalue weighted by Crippen LogP contribution is -2.41. The van der Waals surface area contributed by atoms with Crippen molar-refractivity contribution in [2.75, 3.05) is 30.8 Å². The van der Waals surface area contributed by atoms with Gasteiger partial charge in [0.15, 0.2) is 0 Å². The Labute approximate surface area is 192 Å². The van der Waals surface area contributed by atoms with Crippen molar-refractivity contribution in [3.63, 3.8) is 0 Å². The quantitative estimate of drug-likeness (QED) is 0.459. The standard InChI is InChI=1S/C22H27N3O5S2/c1-3-30-22(27)17-5-8-19(9-6-17)32(28,29)25-13-11-16(12-14-25)21(26)24-18-7-10-20(23-15-18)31-4-2/h5-10,15-16H,3-4,11-14H2,1-2H3,(H,24,26). The van der Waals surface area contributed by atoms with Crippen LogP contribution in [0.25, 0.3) is 0 Å². The number of anilines is 1. The summed E-state index contributed by atoms with van der Waals surface area (Å²) in [6.45, 7) is 4.52. The van der Waals surface area contributed by atoms with Gasteiger partial charge < -0.3 is 10.1 Å². The molecule has 1 amide bonds. The Morgan fingerprint density at radius 1 is 1.12 bits per heavy atom. The number of aromatic nitrogens is 1. The smallest absolute Gasteiger partial charge is 0.338 e. The largest absolute Gasteiger partial charge is 0.462 e. The van der Waals surface area contributed by atoms with Gasteiger partial charge in [0, 0.05) is 19.0 Å². The molecule has 1 N–H and O–H groups in total. The van der Waals surface area contributed by atoms with Gasteiger partial charge in [-0.1, -0.05) is 6.92 Å². The van der Waals surface area contributed by atoms with Crippen LogP contribution in [0.3, 0.4) is 0 Å². The van der Waals surface area contributed by atoms with E-state index in [9.17, 15) is 18.0 Å². The van der Waals surface area contributed by atoms with Crippen LogP contribution >= 0.6 is 11.8 Å². The van der Waals surface area contributed by atoms with Crippen LogP contribution in [0.2, 0.25) is 0 Å². The van der Waals surface area contributed by atoms with E-state index >= 15 is 0 Å². The molecule has 0 spiro atoms. The maximum atomic E-state index is 12.9. The summed E-state index contributed by atoms with van der Waals surface area (Å²) < 4.78 is 32.2. The SMILES string of the molecule is CCOC(=O)c1ccc(S(=O)(=O)N2CCC(C(=O)Nc3ccc(SCC)nc3)CC2)cc1. The van der Waals surface area contributed by atoms with Crippen molar-refractivity contribution in [3.05, 3.63) is 48.2 Å². The Morgan fingerprint density at radius 3 is 2.38 bits per heavy atom. The Kier molecular flexibility index (Phi) is 8.27. The summed E-state index contributed by atoms with van der Waals surface area (Å²) in [7, 11) is -3.70. The predicted molar refractivity (Wildman–Crippen MR) is 123 cm³/mol. The van der Waals surface area contributed by atoms with E-state index < -0.39 is 16.0 Å². The molecule has 0 atom stereocenters. The van der Waals surface area contributed by atoms with Crippen LogP contribution in [0.4, 0.5) is 5.69 Å². The maximum absolute atomic E-state index is 12.9. The second kappa shape index (κ2) is 10.9. The molecule has 2 aromatic rings. The molecule has 32 heavy (non-hydrogen) atoms. The molecular weight excluding hydrogens is 450 g/mol. The molecule has 10 heteroatoms. The van der Waals surface area contributed by atoms with Crippen LogP contribution in [0.15, 0.2) is 52.5 Å². The van der Waals surface area contributed by atoms with Crippen molar-refractivity contribution in [1.82, 2.24) is 9.29 Å². The number of piperidine rings is 1. The molecule has 1 aromatic heterocycles. The number of carbonyl (C=O) groups is 2. The summed E-state index contributed by atoms with van der Waals surface area (Å²) in [5.41, 5.74) is 0.934. The lowest BCUT2D eigenvalue weighted by atomic mass is 9.97. The number of rotatable bonds is 8. The highest BCUT2D eigenvalue weighted by atomic mass is 32.2. The average Bonchev–Trinajstić information content (AvgIpc) is 2.81. The average molecular weight is 478 g/mol. The van der Waals surface area contributed by atoms with E-state index in [1.165, 1.54) is 28.6 Å². The molecule has 1 aromatic carbocycles. The van der Waals surface area contributed by atoms with Crippen LogP contribution in [0, 0.1) is 5.92 Å². The number of nitrogens with one attached hydrogen (secondary N) is 1. The van der Waals surface area contributed by atoms with Crippen molar-refractivity contribution in [2.24, 2.45) is 5.92 Å². The first-order valence-corrected chi connectivity index (χ1v) is 12.9. The second-order valence-corrected chi connectivity index (χ2v) is 10.5. The van der Waals surface area contributed by atoms with E-state index in [0.29, 0.717) is 24.1 Å². The van der Waals surface area contributed by atoms with Crippen molar-refractivity contribution in [3.8, 4) is 0 Å². The molecule has 0 aliphatic carbocycles. The second-order valence-electron chi connectivity index (χ2n) is 7.23. The zero-order chi connectivity index (χ0) is 23.1. The molecule has 1 aliphatic rings. The van der Waals surface area contributed by atoms with Gasteiger partial charge in [-0.15, -0.1) is 11.8 Å². The molecule has 172 valence electrons. The van der Waals surface area contributed by atoms with Gasteiger partial charge in [0.05, 0.1) is 34.0 Å². The lowest BCUT2D eigenvalue weighted by Gasteiger charge is -2.30. The minimum absolute atomic E-state index is 0.115. The van der Waals surface area contributed by atoms with Crippen molar-refractivity contribution >= 4 is 39.3 Å². The molecule has 1 aliphatic heterocycles. The Balaban J connectivity index is 1.57. The molecule has 0 saturated carbocycles. The zero-order valence-electron chi connectivity index (χ0n) is 18.1. The third-order valence-corrected chi connectivity index (χ3v) is 7.86. The number of benzene rings is 1. The van der Waals surface area contributed by atoms with Gasteiger partial charge in [-0.2, -0.15) is 4.31 Å². The Morgan fingerprint density at radius 2 is 1.81 bits per heavy atom. The van der Waals surface area contributed by atoms with Crippen LogP contribution in [-0.2, 0) is 19.6 Å². The number of carbonyl (C=O) groups excluding carboxylic acids is 2. The van der Waals surface area contributed by atoms with Crippen LogP contribution in [0.1, 0.15) is 37.0 Å². The molecule has 0 radical (unpaired) electrons. The van der Waals surface area contributed by atoms with Crippen molar-refractivity contribution < 1.29 is 22.7 Å². The van der Waals surface area contributed by atoms with Crippen LogP contribution in [-0.4, -0.2) is 55.0 Å². The summed E-state index contributed by atoms with van der Waals surface area (Å²) in [5.74, 6) is 0.0449. The summed E-state index contributed by atoms with van der Waals surface area (Å²) in [6, 6.07) is 9.41. The summed E-state index contributed by atoms with van der Waals surface area (Å²) in [6.07, 6.45) is 2.50. The van der Waals surface area contributed by atoms with Gasteiger partial charge in [0.1, 0.15) is 0 Å². The third kappa shape index (κ3) is 5.87. The number of hydrogen-bond acceptors (Lipinski definition) is 7. The Bertz CT molecular complexity index is 1030. The highest BCUT2D eigenvalue weighted by molar-refractivity contribution is 7.99. The van der Waals surface area contributed by atoms with Gasteiger partial charge in [-0.25, -0.2) is 18.2 Å². The summed E-state index contributed by atoms with van der Waals surface area (Å²) >= 11 is 1.63. The fraction of sp³-hybridized carbons (Fsp3) is 0.409. The van der Waals surface area contributed by atoms with E-state index in [2.05, 4.69) is 10.3 Å². The number of pyridine rings is 1. The van der Waals surface area contributed by atoms with Gasteiger partial charge in [0.25, 0.3) is 0 Å². The minimum Gasteiger partial charge on any atom is -0.462 e. The zero-order valence-corrected chi connectivity index (χ0v) is 19.7. The first-order valence-electron chi connectivity index (χ1n) is 10.5. The topological polar surface area (TPSA) is 106 Å². The molecule has 0 unspecified atom stereocenters. The normalized spacial score (nSPS) is 15.3. The monoisotopic (exact) mass is 477 g/mol.